The van der Waals surface area contributed by atoms with Crippen molar-refractivity contribution in [1.29, 1.82) is 0 Å². The van der Waals surface area contributed by atoms with Gasteiger partial charge in [-0.15, -0.1) is 0 Å². The lowest BCUT2D eigenvalue weighted by atomic mass is 9.96. The van der Waals surface area contributed by atoms with E-state index in [-0.39, 0.29) is 11.9 Å². The average Bonchev–Trinajstić information content (AvgIpc) is 3.14. The number of nitrogens with zero attached hydrogens (tertiary/aromatic N) is 2. The van der Waals surface area contributed by atoms with Crippen LogP contribution in [0.2, 0.25) is 15.1 Å². The maximum atomic E-state index is 13.4. The maximum absolute atomic E-state index is 13.4. The number of benzene rings is 3. The standard InChI is InChI=1S/C22H14Cl3FN2O/c23-14-5-1-13(2-6-14)22-28-20(17-9-15(24)10-18(25)21(17)29-22)11-19(27-28)12-3-7-16(26)8-4-12/h1-10,20,22H,11H2. The smallest absolute Gasteiger partial charge is 0.213 e. The Morgan fingerprint density at radius 2 is 1.66 bits per heavy atom. The normalized spacial score (nSPS) is 20.0. The molecule has 3 aromatic carbocycles. The predicted octanol–water partition coefficient (Wildman–Crippen LogP) is 7.03. The first-order valence-electron chi connectivity index (χ1n) is 9.02. The molecule has 0 amide bonds. The van der Waals surface area contributed by atoms with Crippen LogP contribution in [0.15, 0.2) is 65.8 Å². The van der Waals surface area contributed by atoms with Crippen LogP contribution < -0.4 is 4.74 Å². The highest BCUT2D eigenvalue weighted by Gasteiger charge is 2.42. The molecule has 2 unspecified atom stereocenters. The van der Waals surface area contributed by atoms with Crippen molar-refractivity contribution in [3.05, 3.63) is 98.2 Å². The third kappa shape index (κ3) is 3.35. The largest absolute Gasteiger partial charge is 0.463 e. The molecule has 7 heteroatoms. The number of halogens is 4. The number of hydrazone groups is 1. The summed E-state index contributed by atoms with van der Waals surface area (Å²) in [5.41, 5.74) is 3.50. The van der Waals surface area contributed by atoms with Crippen LogP contribution in [0.25, 0.3) is 0 Å². The molecule has 0 saturated carbocycles. The van der Waals surface area contributed by atoms with E-state index >= 15 is 0 Å². The van der Waals surface area contributed by atoms with E-state index in [2.05, 4.69) is 0 Å². The summed E-state index contributed by atoms with van der Waals surface area (Å²) in [6.45, 7) is 0. The molecule has 2 aliphatic rings. The van der Waals surface area contributed by atoms with Crippen LogP contribution >= 0.6 is 34.8 Å². The van der Waals surface area contributed by atoms with Crippen molar-refractivity contribution in [2.24, 2.45) is 5.10 Å². The Hall–Kier alpha value is -2.27. The molecule has 0 bridgehead atoms. The molecule has 0 spiro atoms. The molecule has 0 aliphatic carbocycles. The quantitative estimate of drug-likeness (QED) is 0.421. The van der Waals surface area contributed by atoms with Gasteiger partial charge < -0.3 is 4.74 Å². The van der Waals surface area contributed by atoms with Crippen molar-refractivity contribution in [3.8, 4) is 5.75 Å². The van der Waals surface area contributed by atoms with Crippen LogP contribution in [-0.2, 0) is 0 Å². The molecular formula is C22H14Cl3FN2O. The molecule has 0 fully saturated rings. The van der Waals surface area contributed by atoms with Gasteiger partial charge >= 0.3 is 0 Å². The fourth-order valence-corrected chi connectivity index (χ4v) is 4.46. The average molecular weight is 448 g/mol. The summed E-state index contributed by atoms with van der Waals surface area (Å²) >= 11 is 18.8. The van der Waals surface area contributed by atoms with E-state index in [0.29, 0.717) is 27.2 Å². The zero-order valence-electron chi connectivity index (χ0n) is 14.9. The van der Waals surface area contributed by atoms with E-state index in [0.717, 1.165) is 22.4 Å². The number of hydrogen-bond acceptors (Lipinski definition) is 3. The molecule has 2 aliphatic heterocycles. The fraction of sp³-hybridized carbons (Fsp3) is 0.136. The molecule has 3 nitrogen and oxygen atoms in total. The van der Waals surface area contributed by atoms with Crippen molar-refractivity contribution in [2.75, 3.05) is 0 Å². The maximum Gasteiger partial charge on any atom is 0.213 e. The summed E-state index contributed by atoms with van der Waals surface area (Å²) in [4.78, 5) is 0. The van der Waals surface area contributed by atoms with Crippen LogP contribution in [0, 0.1) is 5.82 Å². The minimum Gasteiger partial charge on any atom is -0.463 e. The number of hydrogen-bond donors (Lipinski definition) is 0. The number of fused-ring (bicyclic) bond motifs is 3. The summed E-state index contributed by atoms with van der Waals surface area (Å²) in [7, 11) is 0. The molecule has 29 heavy (non-hydrogen) atoms. The van der Waals surface area contributed by atoms with Crippen LogP contribution in [0.1, 0.15) is 35.4 Å². The van der Waals surface area contributed by atoms with Gasteiger partial charge in [-0.2, -0.15) is 5.10 Å². The molecule has 5 rings (SSSR count). The zero-order chi connectivity index (χ0) is 20.1. The van der Waals surface area contributed by atoms with Gasteiger partial charge in [-0.25, -0.2) is 9.40 Å². The lowest BCUT2D eigenvalue weighted by molar-refractivity contribution is -0.0189. The number of ether oxygens (including phenoxy) is 1. The SMILES string of the molecule is Fc1ccc(C2=NN3C(C2)c2cc(Cl)cc(Cl)c2OC3c2ccc(Cl)cc2)cc1. The van der Waals surface area contributed by atoms with Gasteiger partial charge in [0.05, 0.1) is 16.8 Å². The van der Waals surface area contributed by atoms with Crippen molar-refractivity contribution in [3.63, 3.8) is 0 Å². The summed E-state index contributed by atoms with van der Waals surface area (Å²) < 4.78 is 19.6. The second kappa shape index (κ2) is 7.21. The molecule has 0 aromatic heterocycles. The zero-order valence-corrected chi connectivity index (χ0v) is 17.2. The summed E-state index contributed by atoms with van der Waals surface area (Å²) in [5.74, 6) is 0.323. The topological polar surface area (TPSA) is 24.8 Å². The third-order valence-corrected chi connectivity index (χ3v) is 5.89. The van der Waals surface area contributed by atoms with Crippen molar-refractivity contribution >= 4 is 40.5 Å². The Morgan fingerprint density at radius 3 is 2.38 bits per heavy atom. The van der Waals surface area contributed by atoms with Gasteiger partial charge in [-0.1, -0.05) is 59.1 Å². The Morgan fingerprint density at radius 1 is 0.931 bits per heavy atom. The lowest BCUT2D eigenvalue weighted by Crippen LogP contribution is -2.33. The van der Waals surface area contributed by atoms with Crippen LogP contribution in [-0.4, -0.2) is 10.7 Å². The second-order valence-electron chi connectivity index (χ2n) is 6.98. The lowest BCUT2D eigenvalue weighted by Gasteiger charge is -2.38. The van der Waals surface area contributed by atoms with Crippen LogP contribution in [0.4, 0.5) is 4.39 Å². The first kappa shape index (κ1) is 18.7. The molecule has 0 N–H and O–H groups in total. The van der Waals surface area contributed by atoms with E-state index in [1.807, 2.05) is 35.3 Å². The van der Waals surface area contributed by atoms with Crippen LogP contribution in [0.5, 0.6) is 5.75 Å². The van der Waals surface area contributed by atoms with Gasteiger partial charge in [0.25, 0.3) is 0 Å². The van der Waals surface area contributed by atoms with Gasteiger partial charge in [-0.3, -0.25) is 0 Å². The molecular weight excluding hydrogens is 434 g/mol. The Balaban J connectivity index is 1.62. The van der Waals surface area contributed by atoms with Crippen molar-refractivity contribution in [2.45, 2.75) is 18.7 Å². The Kier molecular flexibility index (Phi) is 4.66. The summed E-state index contributed by atoms with van der Waals surface area (Å²) in [5, 5.41) is 8.39. The highest BCUT2D eigenvalue weighted by Crippen LogP contribution is 2.50. The van der Waals surface area contributed by atoms with Gasteiger partial charge in [0.1, 0.15) is 11.6 Å². The van der Waals surface area contributed by atoms with E-state index in [1.165, 1.54) is 12.1 Å². The van der Waals surface area contributed by atoms with Gasteiger partial charge in [0.2, 0.25) is 6.23 Å². The third-order valence-electron chi connectivity index (χ3n) is 5.14. The second-order valence-corrected chi connectivity index (χ2v) is 8.26. The van der Waals surface area contributed by atoms with Crippen molar-refractivity contribution < 1.29 is 9.13 Å². The van der Waals surface area contributed by atoms with Gasteiger partial charge in [-0.05, 0) is 42.0 Å². The van der Waals surface area contributed by atoms with E-state index < -0.39 is 6.23 Å². The highest BCUT2D eigenvalue weighted by molar-refractivity contribution is 6.35. The first-order valence-corrected chi connectivity index (χ1v) is 10.2. The first-order chi connectivity index (χ1) is 14.0. The highest BCUT2D eigenvalue weighted by atomic mass is 35.5. The Bertz CT molecular complexity index is 1120. The molecule has 2 heterocycles. The van der Waals surface area contributed by atoms with Gasteiger partial charge in [0, 0.05) is 27.6 Å². The minimum atomic E-state index is -0.471. The number of rotatable bonds is 2. The predicted molar refractivity (Wildman–Crippen MR) is 113 cm³/mol. The Labute approximate surface area is 182 Å². The van der Waals surface area contributed by atoms with E-state index in [1.54, 1.807) is 18.2 Å². The van der Waals surface area contributed by atoms with Crippen molar-refractivity contribution in [1.82, 2.24) is 5.01 Å². The fourth-order valence-electron chi connectivity index (χ4n) is 3.78. The monoisotopic (exact) mass is 446 g/mol. The summed E-state index contributed by atoms with van der Waals surface area (Å²) in [6.07, 6.45) is 0.157. The molecule has 2 atom stereocenters. The molecule has 0 radical (unpaired) electrons. The van der Waals surface area contributed by atoms with Crippen LogP contribution in [0.3, 0.4) is 0 Å². The molecule has 146 valence electrons. The summed E-state index contributed by atoms with van der Waals surface area (Å²) in [6, 6.07) is 17.2. The molecule has 3 aromatic rings. The molecule has 0 saturated heterocycles. The minimum absolute atomic E-state index is 0.101. The van der Waals surface area contributed by atoms with Gasteiger partial charge in [0.15, 0.2) is 0 Å². The van der Waals surface area contributed by atoms with E-state index in [9.17, 15) is 4.39 Å². The van der Waals surface area contributed by atoms with E-state index in [4.69, 9.17) is 44.6 Å².